The largest absolute Gasteiger partial charge is 0.507 e. The zero-order chi connectivity index (χ0) is 25.5. The molecule has 1 aliphatic rings. The number of nitrogen functional groups attached to an aromatic ring is 1. The minimum atomic E-state index is -0.364. The smallest absolute Gasteiger partial charge is 0.169 e. The van der Waals surface area contributed by atoms with Crippen LogP contribution in [0.4, 0.5) is 21.7 Å². The SMILES string of the molecule is C[C@@H]1CCN(c2cc(-c3ccccc3O)nnc2N)CCN1c1ccnc(/C=C/CN(C)CCF)n1. The number of hydrogen-bond donors (Lipinski definition) is 2. The molecule has 1 aromatic carbocycles. The molecule has 0 spiro atoms. The number of nitrogens with two attached hydrogens (primary N) is 1. The van der Waals surface area contributed by atoms with Crippen molar-refractivity contribution in [3.05, 3.63) is 54.5 Å². The summed E-state index contributed by atoms with van der Waals surface area (Å²) in [5.74, 6) is 2.01. The van der Waals surface area contributed by atoms with Crippen molar-refractivity contribution >= 4 is 23.4 Å². The van der Waals surface area contributed by atoms with Crippen LogP contribution in [0.1, 0.15) is 19.2 Å². The summed E-state index contributed by atoms with van der Waals surface area (Å²) >= 11 is 0. The van der Waals surface area contributed by atoms with Crippen LogP contribution in [0, 0.1) is 0 Å². The standard InChI is InChI=1S/C26H33FN8O/c1-19-10-14-34(22-18-21(31-32-26(22)28)20-6-3-4-7-23(20)36)16-17-35(19)25-9-12-29-24(30-25)8-5-13-33(2)15-11-27/h3-9,12,18-19,36H,10-11,13-17H2,1-2H3,(H2,28,32)/b8-5+/t19-/m1/s1. The number of likely N-dealkylation sites (N-methyl/N-ethyl adjacent to an activating group) is 1. The van der Waals surface area contributed by atoms with E-state index in [1.165, 1.54) is 0 Å². The quantitative estimate of drug-likeness (QED) is 0.490. The number of anilines is 3. The first-order valence-corrected chi connectivity index (χ1v) is 12.1. The lowest BCUT2D eigenvalue weighted by Gasteiger charge is -2.28. The first kappa shape index (κ1) is 25.3. The van der Waals surface area contributed by atoms with Gasteiger partial charge in [-0.1, -0.05) is 18.2 Å². The molecule has 10 heteroatoms. The topological polar surface area (TPSA) is 108 Å². The average molecular weight is 493 g/mol. The summed E-state index contributed by atoms with van der Waals surface area (Å²) in [6, 6.07) is 11.1. The van der Waals surface area contributed by atoms with Crippen molar-refractivity contribution < 1.29 is 9.50 Å². The van der Waals surface area contributed by atoms with Gasteiger partial charge in [-0.15, -0.1) is 10.2 Å². The molecule has 3 N–H and O–H groups in total. The van der Waals surface area contributed by atoms with E-state index < -0.39 is 0 Å². The molecule has 3 aromatic rings. The summed E-state index contributed by atoms with van der Waals surface area (Å²) in [4.78, 5) is 15.5. The van der Waals surface area contributed by atoms with Crippen LogP contribution in [0.5, 0.6) is 5.75 Å². The number of rotatable bonds is 8. The third kappa shape index (κ3) is 6.06. The fraction of sp³-hybridized carbons (Fsp3) is 0.385. The Hall–Kier alpha value is -3.79. The van der Waals surface area contributed by atoms with Crippen LogP contribution in [0.15, 0.2) is 48.7 Å². The summed E-state index contributed by atoms with van der Waals surface area (Å²) in [7, 11) is 1.88. The third-order valence-electron chi connectivity index (χ3n) is 6.39. The zero-order valence-corrected chi connectivity index (χ0v) is 20.8. The zero-order valence-electron chi connectivity index (χ0n) is 20.8. The average Bonchev–Trinajstić information content (AvgIpc) is 3.07. The van der Waals surface area contributed by atoms with Crippen LogP contribution in [-0.4, -0.2) is 82.7 Å². The van der Waals surface area contributed by atoms with Crippen LogP contribution in [0.3, 0.4) is 0 Å². The number of phenolic OH excluding ortho intramolecular Hbond substituents is 1. The number of para-hydroxylation sites is 1. The fourth-order valence-corrected chi connectivity index (χ4v) is 4.28. The molecule has 9 nitrogen and oxygen atoms in total. The van der Waals surface area contributed by atoms with Gasteiger partial charge in [-0.25, -0.2) is 14.4 Å². The molecule has 190 valence electrons. The van der Waals surface area contributed by atoms with Gasteiger partial charge in [0.05, 0.1) is 11.4 Å². The van der Waals surface area contributed by atoms with E-state index in [4.69, 9.17) is 10.7 Å². The Bertz CT molecular complexity index is 1190. The molecule has 3 heterocycles. The lowest BCUT2D eigenvalue weighted by atomic mass is 10.1. The minimum absolute atomic E-state index is 0.154. The molecular weight excluding hydrogens is 459 g/mol. The van der Waals surface area contributed by atoms with E-state index >= 15 is 0 Å². The summed E-state index contributed by atoms with van der Waals surface area (Å²) in [6.07, 6.45) is 6.49. The summed E-state index contributed by atoms with van der Waals surface area (Å²) in [6.45, 7) is 5.13. The predicted molar refractivity (Wildman–Crippen MR) is 142 cm³/mol. The number of phenols is 1. The molecule has 0 unspecified atom stereocenters. The third-order valence-corrected chi connectivity index (χ3v) is 6.39. The number of benzene rings is 1. The molecule has 1 aliphatic heterocycles. The second-order valence-corrected chi connectivity index (χ2v) is 8.96. The molecule has 0 amide bonds. The van der Waals surface area contributed by atoms with Gasteiger partial charge >= 0.3 is 0 Å². The van der Waals surface area contributed by atoms with Gasteiger partial charge in [0.15, 0.2) is 11.6 Å². The Kier molecular flexibility index (Phi) is 8.27. The molecule has 4 rings (SSSR count). The van der Waals surface area contributed by atoms with E-state index in [0.717, 1.165) is 37.6 Å². The van der Waals surface area contributed by atoms with Gasteiger partial charge in [0, 0.05) is 50.5 Å². The van der Waals surface area contributed by atoms with Crippen molar-refractivity contribution in [1.29, 1.82) is 0 Å². The summed E-state index contributed by atoms with van der Waals surface area (Å²) < 4.78 is 12.5. The number of halogens is 1. The van der Waals surface area contributed by atoms with E-state index in [0.29, 0.717) is 36.0 Å². The molecule has 0 saturated carbocycles. The van der Waals surface area contributed by atoms with Crippen molar-refractivity contribution in [3.8, 4) is 17.0 Å². The first-order chi connectivity index (χ1) is 17.5. The van der Waals surface area contributed by atoms with Crippen molar-refractivity contribution in [1.82, 2.24) is 25.1 Å². The van der Waals surface area contributed by atoms with Gasteiger partial charge in [0.25, 0.3) is 0 Å². The van der Waals surface area contributed by atoms with Crippen molar-refractivity contribution in [3.63, 3.8) is 0 Å². The van der Waals surface area contributed by atoms with Crippen LogP contribution in [-0.2, 0) is 0 Å². The second kappa shape index (κ2) is 11.8. The van der Waals surface area contributed by atoms with Gasteiger partial charge in [-0.2, -0.15) is 0 Å². The van der Waals surface area contributed by atoms with Gasteiger partial charge < -0.3 is 25.5 Å². The van der Waals surface area contributed by atoms with E-state index in [1.807, 2.05) is 48.4 Å². The lowest BCUT2D eigenvalue weighted by molar-refractivity contribution is 0.320. The Labute approximate surface area is 211 Å². The molecule has 1 saturated heterocycles. The van der Waals surface area contributed by atoms with E-state index in [9.17, 15) is 9.50 Å². The Morgan fingerprint density at radius 2 is 2.03 bits per heavy atom. The molecule has 1 fully saturated rings. The first-order valence-electron chi connectivity index (χ1n) is 12.1. The Morgan fingerprint density at radius 1 is 1.19 bits per heavy atom. The van der Waals surface area contributed by atoms with Gasteiger partial charge in [-0.05, 0) is 50.7 Å². The maximum Gasteiger partial charge on any atom is 0.169 e. The van der Waals surface area contributed by atoms with E-state index in [-0.39, 0.29) is 18.5 Å². The van der Waals surface area contributed by atoms with Crippen molar-refractivity contribution in [2.45, 2.75) is 19.4 Å². The summed E-state index contributed by atoms with van der Waals surface area (Å²) in [5, 5.41) is 18.6. The van der Waals surface area contributed by atoms with Crippen LogP contribution in [0.2, 0.25) is 0 Å². The summed E-state index contributed by atoms with van der Waals surface area (Å²) in [5.41, 5.74) is 8.24. The number of nitrogens with zero attached hydrogens (tertiary/aromatic N) is 7. The van der Waals surface area contributed by atoms with Crippen molar-refractivity contribution in [2.75, 3.05) is 62.0 Å². The van der Waals surface area contributed by atoms with Gasteiger partial charge in [0.2, 0.25) is 0 Å². The maximum absolute atomic E-state index is 12.5. The number of aromatic nitrogens is 4. The Morgan fingerprint density at radius 3 is 2.83 bits per heavy atom. The monoisotopic (exact) mass is 492 g/mol. The van der Waals surface area contributed by atoms with Gasteiger partial charge in [0.1, 0.15) is 18.2 Å². The fourth-order valence-electron chi connectivity index (χ4n) is 4.28. The maximum atomic E-state index is 12.5. The number of aromatic hydroxyl groups is 1. The molecular formula is C26H33FN8O. The predicted octanol–water partition coefficient (Wildman–Crippen LogP) is 3.24. The minimum Gasteiger partial charge on any atom is -0.507 e. The number of hydrogen-bond acceptors (Lipinski definition) is 9. The molecule has 36 heavy (non-hydrogen) atoms. The molecule has 0 bridgehead atoms. The van der Waals surface area contributed by atoms with Gasteiger partial charge in [-0.3, -0.25) is 0 Å². The molecule has 0 aliphatic carbocycles. The highest BCUT2D eigenvalue weighted by molar-refractivity contribution is 5.74. The molecule has 0 radical (unpaired) electrons. The Balaban J connectivity index is 1.49. The van der Waals surface area contributed by atoms with Crippen molar-refractivity contribution in [2.24, 2.45) is 0 Å². The highest BCUT2D eigenvalue weighted by Gasteiger charge is 2.24. The lowest BCUT2D eigenvalue weighted by Crippen LogP contribution is -2.35. The highest BCUT2D eigenvalue weighted by atomic mass is 19.1. The van der Waals surface area contributed by atoms with Crippen LogP contribution >= 0.6 is 0 Å². The van der Waals surface area contributed by atoms with E-state index in [2.05, 4.69) is 31.9 Å². The number of alkyl halides is 1. The molecule has 1 atom stereocenters. The van der Waals surface area contributed by atoms with Crippen LogP contribution < -0.4 is 15.5 Å². The normalized spacial score (nSPS) is 16.6. The van der Waals surface area contributed by atoms with Crippen LogP contribution in [0.25, 0.3) is 17.3 Å². The second-order valence-electron chi connectivity index (χ2n) is 8.96. The molecule has 2 aromatic heterocycles. The van der Waals surface area contributed by atoms with E-state index in [1.54, 1.807) is 18.3 Å². The highest BCUT2D eigenvalue weighted by Crippen LogP contribution is 2.32.